The molecule has 0 saturated carbocycles. The number of hydrogen-bond acceptors (Lipinski definition) is 2. The van der Waals surface area contributed by atoms with E-state index in [1.165, 1.54) is 18.5 Å². The van der Waals surface area contributed by atoms with E-state index in [2.05, 4.69) is 4.90 Å². The van der Waals surface area contributed by atoms with E-state index >= 15 is 0 Å². The van der Waals surface area contributed by atoms with Gasteiger partial charge in [-0.05, 0) is 43.5 Å². The second-order valence-electron chi connectivity index (χ2n) is 4.00. The lowest BCUT2D eigenvalue weighted by atomic mass is 10.1. The zero-order valence-electron chi connectivity index (χ0n) is 8.86. The van der Waals surface area contributed by atoms with Gasteiger partial charge in [-0.15, -0.1) is 0 Å². The molecule has 0 amide bonds. The van der Waals surface area contributed by atoms with Gasteiger partial charge in [-0.3, -0.25) is 0 Å². The summed E-state index contributed by atoms with van der Waals surface area (Å²) in [6, 6.07) is 5.35. The van der Waals surface area contributed by atoms with Gasteiger partial charge < -0.3 is 10.0 Å². The third-order valence-corrected chi connectivity index (χ3v) is 2.89. The summed E-state index contributed by atoms with van der Waals surface area (Å²) in [6.45, 7) is 4.15. The topological polar surface area (TPSA) is 40.5 Å². The standard InChI is InChI=1S/C12H15NO2/c1-9-8-10(12(14)15)4-5-11(9)13-6-2-3-7-13/h4-5,8H,2-3,6-7H2,1H3,(H,14,15). The molecule has 3 heteroatoms. The Morgan fingerprint density at radius 1 is 1.33 bits per heavy atom. The minimum atomic E-state index is -0.855. The number of carboxylic acid groups (broad SMARTS) is 1. The Morgan fingerprint density at radius 3 is 2.53 bits per heavy atom. The van der Waals surface area contributed by atoms with Crippen LogP contribution in [0.4, 0.5) is 5.69 Å². The van der Waals surface area contributed by atoms with Crippen molar-refractivity contribution in [2.24, 2.45) is 0 Å². The SMILES string of the molecule is Cc1cc(C(=O)O)ccc1N1CCCC1. The van der Waals surface area contributed by atoms with Gasteiger partial charge in [-0.2, -0.15) is 0 Å². The van der Waals surface area contributed by atoms with Gasteiger partial charge in [0.1, 0.15) is 0 Å². The first kappa shape index (κ1) is 10.0. The third kappa shape index (κ3) is 1.96. The molecular formula is C12H15NO2. The van der Waals surface area contributed by atoms with Crippen molar-refractivity contribution in [3.63, 3.8) is 0 Å². The summed E-state index contributed by atoms with van der Waals surface area (Å²) in [5, 5.41) is 8.85. The Kier molecular flexibility index (Phi) is 2.62. The maximum atomic E-state index is 10.8. The average molecular weight is 205 g/mol. The van der Waals surface area contributed by atoms with Crippen molar-refractivity contribution in [3.05, 3.63) is 29.3 Å². The molecule has 0 atom stereocenters. The fourth-order valence-electron chi connectivity index (χ4n) is 2.10. The first-order valence-electron chi connectivity index (χ1n) is 5.27. The Morgan fingerprint density at radius 2 is 2.00 bits per heavy atom. The summed E-state index contributed by atoms with van der Waals surface area (Å²) < 4.78 is 0. The third-order valence-electron chi connectivity index (χ3n) is 2.89. The van der Waals surface area contributed by atoms with Crippen LogP contribution in [0, 0.1) is 6.92 Å². The average Bonchev–Trinajstić information content (AvgIpc) is 2.70. The van der Waals surface area contributed by atoms with E-state index in [0.717, 1.165) is 18.7 Å². The molecule has 0 aromatic heterocycles. The van der Waals surface area contributed by atoms with E-state index in [9.17, 15) is 4.79 Å². The normalized spacial score (nSPS) is 15.7. The van der Waals surface area contributed by atoms with E-state index < -0.39 is 5.97 Å². The van der Waals surface area contributed by atoms with E-state index in [-0.39, 0.29) is 0 Å². The fourth-order valence-corrected chi connectivity index (χ4v) is 2.10. The molecule has 1 aromatic rings. The maximum absolute atomic E-state index is 10.8. The molecule has 1 N–H and O–H groups in total. The maximum Gasteiger partial charge on any atom is 0.335 e. The van der Waals surface area contributed by atoms with E-state index in [0.29, 0.717) is 5.56 Å². The molecule has 1 fully saturated rings. The number of aryl methyl sites for hydroxylation is 1. The molecule has 80 valence electrons. The molecule has 1 aliphatic rings. The van der Waals surface area contributed by atoms with E-state index in [1.54, 1.807) is 12.1 Å². The summed E-state index contributed by atoms with van der Waals surface area (Å²) >= 11 is 0. The summed E-state index contributed by atoms with van der Waals surface area (Å²) in [6.07, 6.45) is 2.47. The van der Waals surface area contributed by atoms with Crippen LogP contribution in [0.25, 0.3) is 0 Å². The number of carbonyl (C=O) groups is 1. The van der Waals surface area contributed by atoms with Crippen molar-refractivity contribution in [2.75, 3.05) is 18.0 Å². The summed E-state index contributed by atoms with van der Waals surface area (Å²) in [4.78, 5) is 13.1. The number of benzene rings is 1. The van der Waals surface area contributed by atoms with Gasteiger partial charge in [-0.25, -0.2) is 4.79 Å². The minimum absolute atomic E-state index is 0.371. The largest absolute Gasteiger partial charge is 0.478 e. The van der Waals surface area contributed by atoms with Crippen LogP contribution in [-0.2, 0) is 0 Å². The number of hydrogen-bond donors (Lipinski definition) is 1. The quantitative estimate of drug-likeness (QED) is 0.805. The fraction of sp³-hybridized carbons (Fsp3) is 0.417. The molecule has 3 nitrogen and oxygen atoms in total. The van der Waals surface area contributed by atoms with Gasteiger partial charge >= 0.3 is 5.97 Å². The van der Waals surface area contributed by atoms with Crippen molar-refractivity contribution in [3.8, 4) is 0 Å². The van der Waals surface area contributed by atoms with Crippen LogP contribution >= 0.6 is 0 Å². The second kappa shape index (κ2) is 3.93. The van der Waals surface area contributed by atoms with Crippen molar-refractivity contribution in [2.45, 2.75) is 19.8 Å². The molecule has 1 aromatic carbocycles. The van der Waals surface area contributed by atoms with Gasteiger partial charge in [0.05, 0.1) is 5.56 Å². The first-order chi connectivity index (χ1) is 7.18. The smallest absolute Gasteiger partial charge is 0.335 e. The van der Waals surface area contributed by atoms with Crippen LogP contribution in [0.15, 0.2) is 18.2 Å². The monoisotopic (exact) mass is 205 g/mol. The summed E-state index contributed by atoms with van der Waals surface area (Å²) in [5.41, 5.74) is 2.60. The molecule has 0 aliphatic carbocycles. The van der Waals surface area contributed by atoms with Crippen LogP contribution in [0.1, 0.15) is 28.8 Å². The van der Waals surface area contributed by atoms with Crippen LogP contribution in [0.5, 0.6) is 0 Å². The van der Waals surface area contributed by atoms with Gasteiger partial charge in [0.25, 0.3) is 0 Å². The molecule has 0 bridgehead atoms. The number of aromatic carboxylic acids is 1. The number of anilines is 1. The van der Waals surface area contributed by atoms with Crippen molar-refractivity contribution in [1.82, 2.24) is 0 Å². The van der Waals surface area contributed by atoms with Crippen molar-refractivity contribution in [1.29, 1.82) is 0 Å². The van der Waals surface area contributed by atoms with Crippen molar-refractivity contribution >= 4 is 11.7 Å². The predicted octanol–water partition coefficient (Wildman–Crippen LogP) is 2.29. The summed E-state index contributed by atoms with van der Waals surface area (Å²) in [7, 11) is 0. The van der Waals surface area contributed by atoms with Crippen molar-refractivity contribution < 1.29 is 9.90 Å². The van der Waals surface area contributed by atoms with Gasteiger partial charge in [-0.1, -0.05) is 0 Å². The molecule has 0 radical (unpaired) electrons. The molecular weight excluding hydrogens is 190 g/mol. The highest BCUT2D eigenvalue weighted by atomic mass is 16.4. The Balaban J connectivity index is 2.29. The second-order valence-corrected chi connectivity index (χ2v) is 4.00. The van der Waals surface area contributed by atoms with Gasteiger partial charge in [0, 0.05) is 18.8 Å². The number of carboxylic acids is 1. The lowest BCUT2D eigenvalue weighted by Gasteiger charge is -2.20. The lowest BCUT2D eigenvalue weighted by Crippen LogP contribution is -2.18. The highest BCUT2D eigenvalue weighted by Gasteiger charge is 2.15. The van der Waals surface area contributed by atoms with Crippen LogP contribution < -0.4 is 4.90 Å². The molecule has 0 spiro atoms. The molecule has 1 heterocycles. The number of rotatable bonds is 2. The molecule has 0 unspecified atom stereocenters. The van der Waals surface area contributed by atoms with E-state index in [4.69, 9.17) is 5.11 Å². The van der Waals surface area contributed by atoms with E-state index in [1.807, 2.05) is 13.0 Å². The Labute approximate surface area is 89.3 Å². The first-order valence-corrected chi connectivity index (χ1v) is 5.27. The highest BCUT2D eigenvalue weighted by Crippen LogP contribution is 2.24. The van der Waals surface area contributed by atoms with Crippen LogP contribution in [0.2, 0.25) is 0 Å². The zero-order chi connectivity index (χ0) is 10.8. The Hall–Kier alpha value is -1.51. The summed E-state index contributed by atoms with van der Waals surface area (Å²) in [5.74, 6) is -0.855. The highest BCUT2D eigenvalue weighted by molar-refractivity contribution is 5.88. The molecule has 2 rings (SSSR count). The van der Waals surface area contributed by atoms with Gasteiger partial charge in [0.2, 0.25) is 0 Å². The number of nitrogens with zero attached hydrogens (tertiary/aromatic N) is 1. The predicted molar refractivity (Wildman–Crippen MR) is 59.6 cm³/mol. The molecule has 15 heavy (non-hydrogen) atoms. The Bertz CT molecular complexity index is 381. The molecule has 1 saturated heterocycles. The lowest BCUT2D eigenvalue weighted by molar-refractivity contribution is 0.0697. The van der Waals surface area contributed by atoms with Gasteiger partial charge in [0.15, 0.2) is 0 Å². The molecule has 1 aliphatic heterocycles. The van der Waals surface area contributed by atoms with Crippen LogP contribution in [-0.4, -0.2) is 24.2 Å². The minimum Gasteiger partial charge on any atom is -0.478 e. The zero-order valence-corrected chi connectivity index (χ0v) is 8.86. The van der Waals surface area contributed by atoms with Crippen LogP contribution in [0.3, 0.4) is 0 Å².